The summed E-state index contributed by atoms with van der Waals surface area (Å²) in [5.74, 6) is -0.240. The maximum atomic E-state index is 13.7. The lowest BCUT2D eigenvalue weighted by Crippen LogP contribution is -2.51. The molecule has 0 radical (unpaired) electrons. The number of halogens is 2. The highest BCUT2D eigenvalue weighted by molar-refractivity contribution is 7.92. The Morgan fingerprint density at radius 1 is 1.03 bits per heavy atom. The monoisotopic (exact) mass is 571 g/mol. The lowest BCUT2D eigenvalue weighted by molar-refractivity contribution is -0.139. The van der Waals surface area contributed by atoms with Crippen LogP contribution in [0.2, 0.25) is 10.0 Å². The first-order chi connectivity index (χ1) is 17.6. The van der Waals surface area contributed by atoms with Crippen LogP contribution in [-0.2, 0) is 26.2 Å². The van der Waals surface area contributed by atoms with Gasteiger partial charge in [-0.15, -0.1) is 0 Å². The van der Waals surface area contributed by atoms with Gasteiger partial charge in [-0.1, -0.05) is 36.2 Å². The number of hydrogen-bond donors (Lipinski definition) is 1. The minimum atomic E-state index is -3.86. The van der Waals surface area contributed by atoms with E-state index in [1.165, 1.54) is 17.9 Å². The molecular weight excluding hydrogens is 541 g/mol. The molecule has 1 atom stereocenters. The molecule has 2 aromatic rings. The largest absolute Gasteiger partial charge is 0.486 e. The molecule has 0 unspecified atom stereocenters. The van der Waals surface area contributed by atoms with Crippen molar-refractivity contribution in [3.05, 3.63) is 52.0 Å². The lowest BCUT2D eigenvalue weighted by Gasteiger charge is -2.32. The third-order valence-electron chi connectivity index (χ3n) is 5.85. The number of hydrogen-bond acceptors (Lipinski definition) is 6. The molecule has 9 nitrogen and oxygen atoms in total. The van der Waals surface area contributed by atoms with Crippen LogP contribution in [0.3, 0.4) is 0 Å². The van der Waals surface area contributed by atoms with Crippen LogP contribution in [-0.4, -0.2) is 63.2 Å². The van der Waals surface area contributed by atoms with Gasteiger partial charge in [0.25, 0.3) is 0 Å². The van der Waals surface area contributed by atoms with E-state index >= 15 is 0 Å². The van der Waals surface area contributed by atoms with Crippen LogP contribution >= 0.6 is 23.2 Å². The average molecular weight is 573 g/mol. The summed E-state index contributed by atoms with van der Waals surface area (Å²) in [4.78, 5) is 27.8. The maximum absolute atomic E-state index is 13.7. The van der Waals surface area contributed by atoms with Gasteiger partial charge in [0.2, 0.25) is 21.8 Å². The SMILES string of the molecule is CCCNC(=O)[C@@H](C)N(Cc1ccc(Cl)c(Cl)c1)C(=O)CN(c1ccc2c(c1)OCCO2)S(=O)(=O)CC. The molecule has 2 aromatic carbocycles. The molecule has 37 heavy (non-hydrogen) atoms. The molecule has 1 aliphatic heterocycles. The van der Waals surface area contributed by atoms with Crippen LogP contribution in [0.15, 0.2) is 36.4 Å². The first-order valence-corrected chi connectivity index (χ1v) is 14.3. The van der Waals surface area contributed by atoms with Crippen molar-refractivity contribution in [1.82, 2.24) is 10.2 Å². The fourth-order valence-corrected chi connectivity index (χ4v) is 5.09. The predicted octanol–water partition coefficient (Wildman–Crippen LogP) is 3.86. The fourth-order valence-electron chi connectivity index (χ4n) is 3.72. The summed E-state index contributed by atoms with van der Waals surface area (Å²) >= 11 is 12.2. The van der Waals surface area contributed by atoms with E-state index in [1.807, 2.05) is 6.92 Å². The van der Waals surface area contributed by atoms with Gasteiger partial charge >= 0.3 is 0 Å². The number of rotatable bonds is 11. The molecule has 0 aromatic heterocycles. The molecule has 0 bridgehead atoms. The Hall–Kier alpha value is -2.69. The molecular formula is C25H31Cl2N3O6S. The number of anilines is 1. The number of carbonyl (C=O) groups excluding carboxylic acids is 2. The highest BCUT2D eigenvalue weighted by Gasteiger charge is 2.31. The van der Waals surface area contributed by atoms with Crippen LogP contribution in [0.1, 0.15) is 32.8 Å². The summed E-state index contributed by atoms with van der Waals surface area (Å²) in [6.45, 7) is 5.71. The molecule has 1 N–H and O–H groups in total. The van der Waals surface area contributed by atoms with E-state index < -0.39 is 28.5 Å². The van der Waals surface area contributed by atoms with Crippen LogP contribution < -0.4 is 19.1 Å². The molecule has 0 spiro atoms. The van der Waals surface area contributed by atoms with Gasteiger partial charge < -0.3 is 19.7 Å². The molecule has 0 fully saturated rings. The normalized spacial score (nSPS) is 13.5. The van der Waals surface area contributed by atoms with Crippen LogP contribution in [0.4, 0.5) is 5.69 Å². The standard InChI is InChI=1S/C25H31Cl2N3O6S/c1-4-10-28-25(32)17(3)29(15-18-6-8-20(26)21(27)13-18)24(31)16-30(37(33,34)5-2)19-7-9-22-23(14-19)36-12-11-35-22/h6-9,13-14,17H,4-5,10-12,15-16H2,1-3H3,(H,28,32)/t17-/m1/s1. The third-order valence-corrected chi connectivity index (χ3v) is 8.33. The summed E-state index contributed by atoms with van der Waals surface area (Å²) in [6.07, 6.45) is 0.728. The highest BCUT2D eigenvalue weighted by atomic mass is 35.5. The van der Waals surface area contributed by atoms with Gasteiger partial charge in [0.05, 0.1) is 21.5 Å². The zero-order chi connectivity index (χ0) is 27.2. The summed E-state index contributed by atoms with van der Waals surface area (Å²) < 4.78 is 38.3. The van der Waals surface area contributed by atoms with Crippen molar-refractivity contribution in [1.29, 1.82) is 0 Å². The smallest absolute Gasteiger partial charge is 0.244 e. The van der Waals surface area contributed by atoms with E-state index in [0.717, 1.165) is 10.7 Å². The molecule has 3 rings (SSSR count). The fraction of sp³-hybridized carbons (Fsp3) is 0.440. The molecule has 202 valence electrons. The van der Waals surface area contributed by atoms with Gasteiger partial charge in [-0.3, -0.25) is 13.9 Å². The second-order valence-corrected chi connectivity index (χ2v) is 11.5. The Bertz CT molecular complexity index is 1240. The number of fused-ring (bicyclic) bond motifs is 1. The van der Waals surface area contributed by atoms with Crippen LogP contribution in [0, 0.1) is 0 Å². The van der Waals surface area contributed by atoms with E-state index in [9.17, 15) is 18.0 Å². The third kappa shape index (κ3) is 7.21. The zero-order valence-electron chi connectivity index (χ0n) is 21.0. The number of sulfonamides is 1. The number of benzene rings is 2. The van der Waals surface area contributed by atoms with Gasteiger partial charge in [0, 0.05) is 19.2 Å². The zero-order valence-corrected chi connectivity index (χ0v) is 23.3. The molecule has 1 aliphatic rings. The second-order valence-electron chi connectivity index (χ2n) is 8.47. The summed E-state index contributed by atoms with van der Waals surface area (Å²) in [5, 5.41) is 3.46. The minimum absolute atomic E-state index is 0.0254. The Labute approximate surface area is 227 Å². The van der Waals surface area contributed by atoms with E-state index in [0.29, 0.717) is 46.9 Å². The van der Waals surface area contributed by atoms with Crippen LogP contribution in [0.5, 0.6) is 11.5 Å². The average Bonchev–Trinajstić information content (AvgIpc) is 2.89. The maximum Gasteiger partial charge on any atom is 0.244 e. The van der Waals surface area contributed by atoms with E-state index in [2.05, 4.69) is 5.32 Å². The molecule has 2 amide bonds. The number of amides is 2. The second kappa shape index (κ2) is 12.7. The highest BCUT2D eigenvalue weighted by Crippen LogP contribution is 2.35. The number of nitrogens with zero attached hydrogens (tertiary/aromatic N) is 2. The summed E-state index contributed by atoms with van der Waals surface area (Å²) in [7, 11) is -3.86. The first-order valence-electron chi connectivity index (χ1n) is 12.0. The van der Waals surface area contributed by atoms with Crippen molar-refractivity contribution >= 4 is 50.7 Å². The number of nitrogens with one attached hydrogen (secondary N) is 1. The van der Waals surface area contributed by atoms with Gasteiger partial charge in [-0.05, 0) is 50.1 Å². The summed E-state index contributed by atoms with van der Waals surface area (Å²) in [6, 6.07) is 8.76. The Kier molecular flexibility index (Phi) is 9.92. The van der Waals surface area contributed by atoms with Crippen molar-refractivity contribution in [2.75, 3.05) is 36.4 Å². The molecule has 12 heteroatoms. The quantitative estimate of drug-likeness (QED) is 0.439. The van der Waals surface area contributed by atoms with Gasteiger partial charge in [-0.2, -0.15) is 0 Å². The molecule has 0 aliphatic carbocycles. The van der Waals surface area contributed by atoms with Gasteiger partial charge in [0.1, 0.15) is 25.8 Å². The van der Waals surface area contributed by atoms with Crippen molar-refractivity contribution in [2.45, 2.75) is 39.8 Å². The predicted molar refractivity (Wildman–Crippen MR) is 144 cm³/mol. The number of carbonyl (C=O) groups is 2. The Balaban J connectivity index is 1.95. The molecule has 0 saturated heterocycles. The topological polar surface area (TPSA) is 105 Å². The lowest BCUT2D eigenvalue weighted by atomic mass is 10.1. The molecule has 1 heterocycles. The molecule has 0 saturated carbocycles. The van der Waals surface area contributed by atoms with Gasteiger partial charge in [-0.25, -0.2) is 8.42 Å². The van der Waals surface area contributed by atoms with Crippen LogP contribution in [0.25, 0.3) is 0 Å². The first kappa shape index (κ1) is 28.9. The van der Waals surface area contributed by atoms with E-state index in [1.54, 1.807) is 37.3 Å². The van der Waals surface area contributed by atoms with E-state index in [4.69, 9.17) is 32.7 Å². The van der Waals surface area contributed by atoms with Crippen molar-refractivity contribution in [3.63, 3.8) is 0 Å². The Morgan fingerprint density at radius 3 is 2.38 bits per heavy atom. The summed E-state index contributed by atoms with van der Waals surface area (Å²) in [5.41, 5.74) is 0.902. The minimum Gasteiger partial charge on any atom is -0.486 e. The van der Waals surface area contributed by atoms with Gasteiger partial charge in [0.15, 0.2) is 11.5 Å². The van der Waals surface area contributed by atoms with E-state index in [-0.39, 0.29) is 23.9 Å². The number of ether oxygens (including phenoxy) is 2. The van der Waals surface area contributed by atoms with Crippen molar-refractivity contribution < 1.29 is 27.5 Å². The van der Waals surface area contributed by atoms with Crippen molar-refractivity contribution in [2.24, 2.45) is 0 Å². The van der Waals surface area contributed by atoms with Crippen molar-refractivity contribution in [3.8, 4) is 11.5 Å². The Morgan fingerprint density at radius 2 is 1.73 bits per heavy atom.